The fourth-order valence-electron chi connectivity index (χ4n) is 2.32. The maximum atomic E-state index is 8.85. The fourth-order valence-corrected chi connectivity index (χ4v) is 2.32. The van der Waals surface area contributed by atoms with Crippen molar-refractivity contribution in [3.05, 3.63) is 71.3 Å². The topological polar surface area (TPSA) is 60.7 Å². The van der Waals surface area contributed by atoms with Crippen LogP contribution in [0.5, 0.6) is 0 Å². The molecule has 3 nitrogen and oxygen atoms in total. The van der Waals surface area contributed by atoms with Gasteiger partial charge in [-0.05, 0) is 67.1 Å². The minimum atomic E-state index is 0.624. The summed E-state index contributed by atoms with van der Waals surface area (Å²) in [7, 11) is 0. The first kappa shape index (κ1) is 13.7. The second-order valence-electron chi connectivity index (χ2n) is 5.00. The van der Waals surface area contributed by atoms with E-state index in [2.05, 4.69) is 12.1 Å². The van der Waals surface area contributed by atoms with Gasteiger partial charge in [0.2, 0.25) is 0 Å². The summed E-state index contributed by atoms with van der Waals surface area (Å²) in [6, 6.07) is 20.8. The van der Waals surface area contributed by atoms with Gasteiger partial charge in [0.05, 0.1) is 23.3 Å². The van der Waals surface area contributed by atoms with Crippen molar-refractivity contribution < 1.29 is 4.42 Å². The lowest BCUT2D eigenvalue weighted by Gasteiger charge is -2.00. The van der Waals surface area contributed by atoms with Gasteiger partial charge in [-0.25, -0.2) is 0 Å². The van der Waals surface area contributed by atoms with Gasteiger partial charge < -0.3 is 4.42 Å². The van der Waals surface area contributed by atoms with Crippen LogP contribution in [0.1, 0.15) is 16.7 Å². The second kappa shape index (κ2) is 5.60. The van der Waals surface area contributed by atoms with Crippen molar-refractivity contribution >= 4 is 0 Å². The van der Waals surface area contributed by atoms with Crippen LogP contribution in [0.2, 0.25) is 0 Å². The zero-order valence-electron chi connectivity index (χ0n) is 12.0. The van der Waals surface area contributed by atoms with E-state index in [1.54, 1.807) is 24.3 Å². The van der Waals surface area contributed by atoms with Gasteiger partial charge in [0, 0.05) is 11.1 Å². The number of hydrogen-bond donors (Lipinski definition) is 0. The number of furan rings is 1. The molecule has 0 amide bonds. The Kier molecular flexibility index (Phi) is 3.48. The molecule has 0 aliphatic carbocycles. The fraction of sp³-hybridized carbons (Fsp3) is 0.0526. The van der Waals surface area contributed by atoms with E-state index < -0.39 is 0 Å². The predicted molar refractivity (Wildman–Crippen MR) is 83.7 cm³/mol. The van der Waals surface area contributed by atoms with Gasteiger partial charge in [0.1, 0.15) is 11.5 Å². The lowest BCUT2D eigenvalue weighted by atomic mass is 10.1. The molecule has 0 radical (unpaired) electrons. The van der Waals surface area contributed by atoms with E-state index in [-0.39, 0.29) is 0 Å². The quantitative estimate of drug-likeness (QED) is 0.687. The van der Waals surface area contributed by atoms with Crippen LogP contribution in [0, 0.1) is 29.6 Å². The Hall–Kier alpha value is -3.30. The van der Waals surface area contributed by atoms with Gasteiger partial charge in [-0.15, -0.1) is 0 Å². The summed E-state index contributed by atoms with van der Waals surface area (Å²) in [5, 5.41) is 17.7. The summed E-state index contributed by atoms with van der Waals surface area (Å²) in [6.07, 6.45) is 0. The van der Waals surface area contributed by atoms with Crippen molar-refractivity contribution in [2.75, 3.05) is 0 Å². The smallest absolute Gasteiger partial charge is 0.137 e. The SMILES string of the molecule is Cc1cc(-c2ccc(C#N)cc2)oc1-c1ccc(C#N)cc1. The molecule has 0 aliphatic rings. The van der Waals surface area contributed by atoms with Crippen molar-refractivity contribution in [1.82, 2.24) is 0 Å². The van der Waals surface area contributed by atoms with Crippen LogP contribution in [-0.2, 0) is 0 Å². The molecule has 1 heterocycles. The van der Waals surface area contributed by atoms with E-state index in [1.165, 1.54) is 0 Å². The third-order valence-corrected chi connectivity index (χ3v) is 3.49. The van der Waals surface area contributed by atoms with E-state index in [0.29, 0.717) is 11.1 Å². The van der Waals surface area contributed by atoms with Gasteiger partial charge in [-0.1, -0.05) is 0 Å². The van der Waals surface area contributed by atoms with Crippen LogP contribution in [0.3, 0.4) is 0 Å². The normalized spacial score (nSPS) is 9.95. The minimum absolute atomic E-state index is 0.624. The lowest BCUT2D eigenvalue weighted by molar-refractivity contribution is 0.595. The molecular formula is C19H12N2O. The van der Waals surface area contributed by atoms with E-state index >= 15 is 0 Å². The summed E-state index contributed by atoms with van der Waals surface area (Å²) < 4.78 is 5.97. The monoisotopic (exact) mass is 284 g/mol. The lowest BCUT2D eigenvalue weighted by Crippen LogP contribution is -1.78. The molecule has 0 atom stereocenters. The molecule has 104 valence electrons. The average molecular weight is 284 g/mol. The van der Waals surface area contributed by atoms with Crippen LogP contribution >= 0.6 is 0 Å². The molecule has 3 heteroatoms. The van der Waals surface area contributed by atoms with Gasteiger partial charge >= 0.3 is 0 Å². The summed E-state index contributed by atoms with van der Waals surface area (Å²) >= 11 is 0. The minimum Gasteiger partial charge on any atom is -0.456 e. The predicted octanol–water partition coefficient (Wildman–Crippen LogP) is 4.67. The number of aryl methyl sites for hydroxylation is 1. The highest BCUT2D eigenvalue weighted by Crippen LogP contribution is 2.32. The summed E-state index contributed by atoms with van der Waals surface area (Å²) in [5.74, 6) is 1.56. The Morgan fingerprint density at radius 2 is 1.27 bits per heavy atom. The second-order valence-corrected chi connectivity index (χ2v) is 5.00. The van der Waals surface area contributed by atoms with Gasteiger partial charge in [-0.2, -0.15) is 10.5 Å². The van der Waals surface area contributed by atoms with Crippen molar-refractivity contribution in [2.24, 2.45) is 0 Å². The van der Waals surface area contributed by atoms with Crippen LogP contribution in [0.25, 0.3) is 22.6 Å². The molecular weight excluding hydrogens is 272 g/mol. The number of hydrogen-bond acceptors (Lipinski definition) is 3. The summed E-state index contributed by atoms with van der Waals surface area (Å²) in [6.45, 7) is 1.99. The molecule has 3 rings (SSSR count). The van der Waals surface area contributed by atoms with Gasteiger partial charge in [0.25, 0.3) is 0 Å². The Morgan fingerprint density at radius 3 is 1.77 bits per heavy atom. The van der Waals surface area contributed by atoms with E-state index in [9.17, 15) is 0 Å². The molecule has 0 N–H and O–H groups in total. The van der Waals surface area contributed by atoms with Crippen LogP contribution in [-0.4, -0.2) is 0 Å². The highest BCUT2D eigenvalue weighted by atomic mass is 16.3. The van der Waals surface area contributed by atoms with Gasteiger partial charge in [-0.3, -0.25) is 0 Å². The molecule has 3 aromatic rings. The number of rotatable bonds is 2. The molecule has 1 aromatic heterocycles. The number of benzene rings is 2. The standard InChI is InChI=1S/C19H12N2O/c1-13-10-18(16-6-2-14(11-20)3-7-16)22-19(13)17-8-4-15(12-21)5-9-17/h2-10H,1H3. The zero-order valence-corrected chi connectivity index (χ0v) is 12.0. The highest BCUT2D eigenvalue weighted by molar-refractivity contribution is 5.69. The number of nitriles is 2. The molecule has 22 heavy (non-hydrogen) atoms. The Labute approximate surface area is 128 Å². The first-order valence-corrected chi connectivity index (χ1v) is 6.83. The molecule has 2 aromatic carbocycles. The van der Waals surface area contributed by atoms with Crippen molar-refractivity contribution in [1.29, 1.82) is 10.5 Å². The van der Waals surface area contributed by atoms with E-state index in [0.717, 1.165) is 28.2 Å². The van der Waals surface area contributed by atoms with Crippen LogP contribution in [0.4, 0.5) is 0 Å². The highest BCUT2D eigenvalue weighted by Gasteiger charge is 2.11. The van der Waals surface area contributed by atoms with Gasteiger partial charge in [0.15, 0.2) is 0 Å². The van der Waals surface area contributed by atoms with E-state index in [1.807, 2.05) is 37.3 Å². The van der Waals surface area contributed by atoms with Crippen LogP contribution < -0.4 is 0 Å². The zero-order chi connectivity index (χ0) is 15.5. The van der Waals surface area contributed by atoms with Crippen LogP contribution in [0.15, 0.2) is 59.0 Å². The molecule has 0 unspecified atom stereocenters. The van der Waals surface area contributed by atoms with E-state index in [4.69, 9.17) is 14.9 Å². The molecule has 0 saturated heterocycles. The van der Waals surface area contributed by atoms with Crippen molar-refractivity contribution in [3.8, 4) is 34.8 Å². The third kappa shape index (κ3) is 2.49. The largest absolute Gasteiger partial charge is 0.456 e. The molecule has 0 bridgehead atoms. The number of nitrogens with zero attached hydrogens (tertiary/aromatic N) is 2. The first-order valence-electron chi connectivity index (χ1n) is 6.83. The third-order valence-electron chi connectivity index (χ3n) is 3.49. The first-order chi connectivity index (χ1) is 10.7. The summed E-state index contributed by atoms with van der Waals surface area (Å²) in [5.41, 5.74) is 4.15. The Morgan fingerprint density at radius 1 is 0.773 bits per heavy atom. The van der Waals surface area contributed by atoms with Crippen molar-refractivity contribution in [3.63, 3.8) is 0 Å². The Bertz CT molecular complexity index is 889. The van der Waals surface area contributed by atoms with Crippen molar-refractivity contribution in [2.45, 2.75) is 6.92 Å². The maximum Gasteiger partial charge on any atom is 0.137 e. The molecule has 0 spiro atoms. The Balaban J connectivity index is 1.99. The molecule has 0 fully saturated rings. The summed E-state index contributed by atoms with van der Waals surface area (Å²) in [4.78, 5) is 0. The molecule has 0 aliphatic heterocycles. The average Bonchev–Trinajstić information content (AvgIpc) is 2.97. The maximum absolute atomic E-state index is 8.85. The molecule has 0 saturated carbocycles.